The number of allylic oxidation sites excluding steroid dienone is 1. The van der Waals surface area contributed by atoms with E-state index in [9.17, 15) is 9.59 Å². The number of hydrogen-bond acceptors (Lipinski definition) is 4. The second-order valence-corrected chi connectivity index (χ2v) is 7.64. The summed E-state index contributed by atoms with van der Waals surface area (Å²) < 4.78 is 1.49. The normalized spacial score (nSPS) is 11.5. The monoisotopic (exact) mass is 459 g/mol. The number of hydrogen-bond donors (Lipinski definition) is 4. The van der Waals surface area contributed by atoms with E-state index in [0.29, 0.717) is 10.7 Å². The highest BCUT2D eigenvalue weighted by molar-refractivity contribution is 6.55. The third-order valence-electron chi connectivity index (χ3n) is 3.75. The van der Waals surface area contributed by atoms with Gasteiger partial charge in [-0.05, 0) is 43.7 Å². The van der Waals surface area contributed by atoms with Crippen LogP contribution < -0.4 is 16.0 Å². The summed E-state index contributed by atoms with van der Waals surface area (Å²) in [6.45, 7) is 3.38. The van der Waals surface area contributed by atoms with Gasteiger partial charge in [0.25, 0.3) is 5.91 Å². The van der Waals surface area contributed by atoms with E-state index < -0.39 is 18.0 Å². The van der Waals surface area contributed by atoms with E-state index in [4.69, 9.17) is 39.9 Å². The topological polar surface area (TPSA) is 108 Å². The molecule has 0 aliphatic carbocycles. The van der Waals surface area contributed by atoms with E-state index >= 15 is 0 Å². The van der Waals surface area contributed by atoms with Crippen molar-refractivity contribution in [3.8, 4) is 0 Å². The quantitative estimate of drug-likeness (QED) is 0.502. The van der Waals surface area contributed by atoms with Crippen LogP contribution in [0.4, 0.5) is 16.3 Å². The second kappa shape index (κ2) is 10.5. The SMILES string of the molecule is Cc1cc(Cl)ccc1NC(=O)Nc1cn(CC=C(Cl)Cl)c(C(=O)NC(C)CO)n1. The maximum absolute atomic E-state index is 12.4. The molecule has 0 fully saturated rings. The fourth-order valence-corrected chi connectivity index (χ4v) is 2.70. The van der Waals surface area contributed by atoms with Crippen LogP contribution in [0.1, 0.15) is 23.1 Å². The van der Waals surface area contributed by atoms with Crippen molar-refractivity contribution in [1.29, 1.82) is 0 Å². The van der Waals surface area contributed by atoms with Crippen LogP contribution in [-0.4, -0.2) is 39.2 Å². The lowest BCUT2D eigenvalue weighted by Crippen LogP contribution is -2.36. The number of amides is 3. The Morgan fingerprint density at radius 1 is 1.31 bits per heavy atom. The molecule has 1 unspecified atom stereocenters. The van der Waals surface area contributed by atoms with Gasteiger partial charge in [0.05, 0.1) is 6.61 Å². The minimum absolute atomic E-state index is 0.0223. The van der Waals surface area contributed by atoms with E-state index in [0.717, 1.165) is 5.56 Å². The Bertz CT molecular complexity index is 925. The number of aryl methyl sites for hydroxylation is 1. The first-order valence-electron chi connectivity index (χ1n) is 8.53. The molecule has 0 spiro atoms. The summed E-state index contributed by atoms with van der Waals surface area (Å²) in [6, 6.07) is 4.05. The summed E-state index contributed by atoms with van der Waals surface area (Å²) in [7, 11) is 0. The first-order valence-corrected chi connectivity index (χ1v) is 9.67. The molecule has 2 rings (SSSR count). The fraction of sp³-hybridized carbons (Fsp3) is 0.278. The zero-order valence-corrected chi connectivity index (χ0v) is 17.9. The van der Waals surface area contributed by atoms with Gasteiger partial charge in [0.1, 0.15) is 4.49 Å². The van der Waals surface area contributed by atoms with Gasteiger partial charge < -0.3 is 20.3 Å². The molecule has 1 atom stereocenters. The second-order valence-electron chi connectivity index (χ2n) is 6.19. The van der Waals surface area contributed by atoms with Gasteiger partial charge in [-0.1, -0.05) is 34.8 Å². The number of carbonyl (C=O) groups is 2. The van der Waals surface area contributed by atoms with Crippen molar-refractivity contribution in [2.75, 3.05) is 17.2 Å². The van der Waals surface area contributed by atoms with Crippen molar-refractivity contribution in [3.63, 3.8) is 0 Å². The Balaban J connectivity index is 2.18. The van der Waals surface area contributed by atoms with E-state index in [1.807, 2.05) is 6.92 Å². The molecule has 1 aromatic heterocycles. The molecule has 0 aliphatic rings. The Hall–Kier alpha value is -2.26. The third-order valence-corrected chi connectivity index (χ3v) is 4.30. The van der Waals surface area contributed by atoms with Crippen LogP contribution in [0.2, 0.25) is 5.02 Å². The van der Waals surface area contributed by atoms with Gasteiger partial charge in [-0.25, -0.2) is 9.78 Å². The zero-order valence-electron chi connectivity index (χ0n) is 15.7. The number of imidazole rings is 1. The molecule has 0 radical (unpaired) electrons. The minimum Gasteiger partial charge on any atom is -0.394 e. The van der Waals surface area contributed by atoms with Crippen LogP contribution in [-0.2, 0) is 6.54 Å². The zero-order chi connectivity index (χ0) is 21.6. The number of nitrogens with zero attached hydrogens (tertiary/aromatic N) is 2. The number of carbonyl (C=O) groups excluding carboxylic acids is 2. The largest absolute Gasteiger partial charge is 0.394 e. The van der Waals surface area contributed by atoms with Crippen molar-refractivity contribution in [2.45, 2.75) is 26.4 Å². The van der Waals surface area contributed by atoms with Crippen molar-refractivity contribution in [1.82, 2.24) is 14.9 Å². The van der Waals surface area contributed by atoms with Crippen LogP contribution >= 0.6 is 34.8 Å². The number of anilines is 2. The Morgan fingerprint density at radius 3 is 2.66 bits per heavy atom. The van der Waals surface area contributed by atoms with Crippen molar-refractivity contribution in [2.24, 2.45) is 0 Å². The molecule has 8 nitrogen and oxygen atoms in total. The van der Waals surface area contributed by atoms with Gasteiger partial charge in [-0.3, -0.25) is 10.1 Å². The fourth-order valence-electron chi connectivity index (χ4n) is 2.34. The molecule has 29 heavy (non-hydrogen) atoms. The molecule has 1 aromatic carbocycles. The number of rotatable bonds is 7. The van der Waals surface area contributed by atoms with Gasteiger partial charge in [0.2, 0.25) is 5.82 Å². The molecule has 0 bridgehead atoms. The number of benzene rings is 1. The molecular weight excluding hydrogens is 441 g/mol. The molecule has 0 aliphatic heterocycles. The number of urea groups is 1. The predicted octanol–water partition coefficient (Wildman–Crippen LogP) is 3.92. The summed E-state index contributed by atoms with van der Waals surface area (Å²) in [5.74, 6) is -0.350. The number of halogens is 3. The summed E-state index contributed by atoms with van der Waals surface area (Å²) >= 11 is 17.2. The highest BCUT2D eigenvalue weighted by atomic mass is 35.5. The molecular formula is C18H20Cl3N5O3. The summed E-state index contributed by atoms with van der Waals surface area (Å²) in [5.41, 5.74) is 1.37. The maximum atomic E-state index is 12.4. The van der Waals surface area contributed by atoms with Gasteiger partial charge in [0.15, 0.2) is 5.82 Å². The molecule has 1 heterocycles. The first kappa shape index (κ1) is 23.0. The smallest absolute Gasteiger partial charge is 0.324 e. The lowest BCUT2D eigenvalue weighted by Gasteiger charge is -2.10. The molecule has 11 heteroatoms. The van der Waals surface area contributed by atoms with Crippen molar-refractivity contribution >= 4 is 58.2 Å². The predicted molar refractivity (Wildman–Crippen MR) is 115 cm³/mol. The molecule has 3 amide bonds. The number of aliphatic hydroxyl groups is 1. The van der Waals surface area contributed by atoms with Crippen molar-refractivity contribution in [3.05, 3.63) is 51.4 Å². The van der Waals surface area contributed by atoms with E-state index in [1.165, 1.54) is 16.8 Å². The molecule has 156 valence electrons. The van der Waals surface area contributed by atoms with Gasteiger partial charge in [-0.2, -0.15) is 0 Å². The lowest BCUT2D eigenvalue weighted by atomic mass is 10.2. The van der Waals surface area contributed by atoms with Crippen molar-refractivity contribution < 1.29 is 14.7 Å². The van der Waals surface area contributed by atoms with Gasteiger partial charge in [0, 0.05) is 29.5 Å². The summed E-state index contributed by atoms with van der Waals surface area (Å²) in [4.78, 5) is 28.9. The van der Waals surface area contributed by atoms with Crippen LogP contribution in [0.3, 0.4) is 0 Å². The molecule has 2 aromatic rings. The average Bonchev–Trinajstić information content (AvgIpc) is 3.04. The Labute approximate surface area is 182 Å². The van der Waals surface area contributed by atoms with Gasteiger partial charge >= 0.3 is 6.03 Å². The third kappa shape index (κ3) is 6.93. The molecule has 4 N–H and O–H groups in total. The standard InChI is InChI=1S/C18H20Cl3N5O3/c1-10-7-12(19)3-4-13(10)23-18(29)25-15-8-26(6-5-14(20)21)16(24-15)17(28)22-11(2)9-27/h3-5,7-8,11,27H,6,9H2,1-2H3,(H,22,28)(H2,23,25,29). The van der Waals surface area contributed by atoms with Crippen LogP contribution in [0, 0.1) is 6.92 Å². The summed E-state index contributed by atoms with van der Waals surface area (Å²) in [5, 5.41) is 17.5. The maximum Gasteiger partial charge on any atom is 0.324 e. The van der Waals surface area contributed by atoms with Crippen LogP contribution in [0.15, 0.2) is 35.0 Å². The molecule has 0 saturated carbocycles. The Kier molecular flexibility index (Phi) is 8.33. The van der Waals surface area contributed by atoms with Crippen LogP contribution in [0.5, 0.6) is 0 Å². The van der Waals surface area contributed by atoms with E-state index in [-0.39, 0.29) is 29.3 Å². The highest BCUT2D eigenvalue weighted by Gasteiger charge is 2.18. The molecule has 0 saturated heterocycles. The Morgan fingerprint density at radius 2 is 2.03 bits per heavy atom. The highest BCUT2D eigenvalue weighted by Crippen LogP contribution is 2.20. The number of aliphatic hydroxyl groups excluding tert-OH is 1. The number of nitrogens with one attached hydrogen (secondary N) is 3. The van der Waals surface area contributed by atoms with Crippen LogP contribution in [0.25, 0.3) is 0 Å². The average molecular weight is 461 g/mol. The number of aromatic nitrogens is 2. The lowest BCUT2D eigenvalue weighted by molar-refractivity contribution is 0.0908. The van der Waals surface area contributed by atoms with E-state index in [2.05, 4.69) is 20.9 Å². The van der Waals surface area contributed by atoms with Gasteiger partial charge in [-0.15, -0.1) is 0 Å². The minimum atomic E-state index is -0.540. The van der Waals surface area contributed by atoms with E-state index in [1.54, 1.807) is 25.1 Å². The summed E-state index contributed by atoms with van der Waals surface area (Å²) in [6.07, 6.45) is 2.94. The first-order chi connectivity index (χ1) is 13.7.